The van der Waals surface area contributed by atoms with Gasteiger partial charge < -0.3 is 16.0 Å². The number of nitrogens with zero attached hydrogens (tertiary/aromatic N) is 3. The molecule has 0 unspecified atom stereocenters. The summed E-state index contributed by atoms with van der Waals surface area (Å²) >= 11 is 1.76. The maximum Gasteiger partial charge on any atom is 0.188 e. The van der Waals surface area contributed by atoms with Gasteiger partial charge in [-0.1, -0.05) is 19.1 Å². The Morgan fingerprint density at radius 1 is 1.35 bits per heavy atom. The van der Waals surface area contributed by atoms with E-state index in [0.717, 1.165) is 43.4 Å². The topological polar surface area (TPSA) is 66.5 Å². The van der Waals surface area contributed by atoms with Gasteiger partial charge in [0.15, 0.2) is 5.96 Å². The van der Waals surface area contributed by atoms with Gasteiger partial charge in [-0.3, -0.25) is 0 Å². The second-order valence-corrected chi connectivity index (χ2v) is 7.68. The Kier molecular flexibility index (Phi) is 8.64. The Morgan fingerprint density at radius 2 is 2.15 bits per heavy atom. The van der Waals surface area contributed by atoms with Gasteiger partial charge in [-0.2, -0.15) is 0 Å². The largest absolute Gasteiger partial charge is 0.370 e. The van der Waals surface area contributed by atoms with Gasteiger partial charge in [0.05, 0.1) is 6.54 Å². The van der Waals surface area contributed by atoms with E-state index in [0.29, 0.717) is 12.5 Å². The molecule has 0 bridgehead atoms. The highest BCUT2D eigenvalue weighted by Gasteiger charge is 2.16. The summed E-state index contributed by atoms with van der Waals surface area (Å²) < 4.78 is 0. The summed E-state index contributed by atoms with van der Waals surface area (Å²) in [7, 11) is 0. The summed E-state index contributed by atoms with van der Waals surface area (Å²) in [5.41, 5.74) is 7.02. The van der Waals surface area contributed by atoms with E-state index < -0.39 is 0 Å². The number of nitrogens with one attached hydrogen (secondary N) is 1. The predicted molar refractivity (Wildman–Crippen MR) is 122 cm³/mol. The van der Waals surface area contributed by atoms with Gasteiger partial charge in [0.25, 0.3) is 0 Å². The van der Waals surface area contributed by atoms with E-state index in [1.807, 2.05) is 6.20 Å². The van der Waals surface area contributed by atoms with Crippen molar-refractivity contribution in [1.29, 1.82) is 0 Å². The molecular weight excluding hydrogens is 457 g/mol. The molecule has 26 heavy (non-hydrogen) atoms. The second-order valence-electron chi connectivity index (χ2n) is 6.65. The molecule has 5 nitrogen and oxygen atoms in total. The summed E-state index contributed by atoms with van der Waals surface area (Å²) in [6, 6.07) is 8.40. The van der Waals surface area contributed by atoms with Crippen LogP contribution in [0.4, 0.5) is 5.82 Å². The van der Waals surface area contributed by atoms with Gasteiger partial charge in [-0.05, 0) is 48.3 Å². The van der Waals surface area contributed by atoms with Crippen molar-refractivity contribution in [3.05, 3.63) is 46.3 Å². The maximum atomic E-state index is 5.93. The van der Waals surface area contributed by atoms with Crippen LogP contribution in [-0.4, -0.2) is 30.6 Å². The average molecular weight is 485 g/mol. The molecule has 0 radical (unpaired) electrons. The number of guanidine groups is 1. The Balaban J connectivity index is 0.00000243. The molecule has 1 aliphatic rings. The van der Waals surface area contributed by atoms with E-state index in [9.17, 15) is 0 Å². The molecule has 3 N–H and O–H groups in total. The standard InChI is InChI=1S/C19H27N5S.HI/c1-15-7-10-24(11-8-15)18-5-4-16(13-22-18)14-23-19(20)21-9-6-17-3-2-12-25-17;/h2-5,12-13,15H,6-11,14H2,1H3,(H3,20,21,23);1H. The summed E-state index contributed by atoms with van der Waals surface area (Å²) in [5.74, 6) is 2.40. The van der Waals surface area contributed by atoms with E-state index in [4.69, 9.17) is 5.73 Å². The van der Waals surface area contributed by atoms with Gasteiger partial charge in [-0.25, -0.2) is 9.98 Å². The number of rotatable bonds is 6. The van der Waals surface area contributed by atoms with Crippen LogP contribution >= 0.6 is 35.3 Å². The van der Waals surface area contributed by atoms with Crippen molar-refractivity contribution in [2.45, 2.75) is 32.7 Å². The summed E-state index contributed by atoms with van der Waals surface area (Å²) in [6.45, 7) is 5.90. The Hall–Kier alpha value is -1.35. The molecule has 7 heteroatoms. The minimum absolute atomic E-state index is 0. The number of halogens is 1. The van der Waals surface area contributed by atoms with Crippen LogP contribution in [-0.2, 0) is 13.0 Å². The third kappa shape index (κ3) is 6.42. The molecule has 3 heterocycles. The number of pyridine rings is 1. The normalized spacial score (nSPS) is 15.6. The molecule has 0 saturated carbocycles. The SMILES string of the molecule is CC1CCN(c2ccc(CN=C(N)NCCc3cccs3)cn2)CC1.I. The summed E-state index contributed by atoms with van der Waals surface area (Å²) in [5, 5.41) is 5.26. The van der Waals surface area contributed by atoms with Crippen molar-refractivity contribution < 1.29 is 0 Å². The van der Waals surface area contributed by atoms with Crippen LogP contribution in [0, 0.1) is 5.92 Å². The molecule has 1 saturated heterocycles. The fourth-order valence-corrected chi connectivity index (χ4v) is 3.64. The highest BCUT2D eigenvalue weighted by molar-refractivity contribution is 14.0. The highest BCUT2D eigenvalue weighted by Crippen LogP contribution is 2.21. The molecule has 1 aliphatic heterocycles. The van der Waals surface area contributed by atoms with Gasteiger partial charge in [0, 0.05) is 30.7 Å². The van der Waals surface area contributed by atoms with Gasteiger partial charge >= 0.3 is 0 Å². The zero-order valence-corrected chi connectivity index (χ0v) is 18.4. The molecule has 3 rings (SSSR count). The third-order valence-corrected chi connectivity index (χ3v) is 5.54. The minimum Gasteiger partial charge on any atom is -0.370 e. The fraction of sp³-hybridized carbons (Fsp3) is 0.474. The highest BCUT2D eigenvalue weighted by atomic mass is 127. The van der Waals surface area contributed by atoms with Gasteiger partial charge in [0.1, 0.15) is 5.82 Å². The molecule has 0 amide bonds. The van der Waals surface area contributed by atoms with Crippen molar-refractivity contribution in [3.8, 4) is 0 Å². The number of hydrogen-bond acceptors (Lipinski definition) is 4. The first-order valence-corrected chi connectivity index (χ1v) is 9.85. The average Bonchev–Trinajstić information content (AvgIpc) is 3.15. The van der Waals surface area contributed by atoms with Crippen molar-refractivity contribution in [3.63, 3.8) is 0 Å². The first-order chi connectivity index (χ1) is 12.2. The van der Waals surface area contributed by atoms with Crippen LogP contribution in [0.1, 0.15) is 30.2 Å². The van der Waals surface area contributed by atoms with Crippen LogP contribution in [0.5, 0.6) is 0 Å². The monoisotopic (exact) mass is 485 g/mol. The van der Waals surface area contributed by atoms with Crippen LogP contribution in [0.3, 0.4) is 0 Å². The zero-order valence-electron chi connectivity index (χ0n) is 15.2. The van der Waals surface area contributed by atoms with Crippen LogP contribution in [0.25, 0.3) is 0 Å². The molecule has 2 aromatic rings. The number of aromatic nitrogens is 1. The van der Waals surface area contributed by atoms with Crippen molar-refractivity contribution in [2.24, 2.45) is 16.6 Å². The van der Waals surface area contributed by atoms with E-state index in [1.165, 1.54) is 17.7 Å². The van der Waals surface area contributed by atoms with E-state index in [2.05, 4.69) is 56.8 Å². The number of anilines is 1. The lowest BCUT2D eigenvalue weighted by Crippen LogP contribution is -2.33. The quantitative estimate of drug-likeness (QED) is 0.373. The molecule has 2 aromatic heterocycles. The molecule has 0 aliphatic carbocycles. The lowest BCUT2D eigenvalue weighted by atomic mass is 9.99. The molecule has 0 spiro atoms. The molecular formula is C19H28IN5S. The number of aliphatic imine (C=N–C) groups is 1. The Morgan fingerprint density at radius 3 is 2.81 bits per heavy atom. The van der Waals surface area contributed by atoms with E-state index in [-0.39, 0.29) is 24.0 Å². The lowest BCUT2D eigenvalue weighted by molar-refractivity contribution is 0.436. The van der Waals surface area contributed by atoms with Gasteiger partial charge in [0.2, 0.25) is 0 Å². The molecule has 1 fully saturated rings. The Bertz CT molecular complexity index is 664. The smallest absolute Gasteiger partial charge is 0.188 e. The van der Waals surface area contributed by atoms with E-state index >= 15 is 0 Å². The van der Waals surface area contributed by atoms with Crippen molar-refractivity contribution in [1.82, 2.24) is 10.3 Å². The zero-order chi connectivity index (χ0) is 17.5. The van der Waals surface area contributed by atoms with Crippen LogP contribution in [0.15, 0.2) is 40.8 Å². The van der Waals surface area contributed by atoms with Crippen molar-refractivity contribution in [2.75, 3.05) is 24.5 Å². The predicted octanol–water partition coefficient (Wildman–Crippen LogP) is 3.64. The molecule has 0 atom stereocenters. The number of hydrogen-bond donors (Lipinski definition) is 2. The number of thiophene rings is 1. The first-order valence-electron chi connectivity index (χ1n) is 8.97. The van der Waals surface area contributed by atoms with Crippen LogP contribution < -0.4 is 16.0 Å². The van der Waals surface area contributed by atoms with Gasteiger partial charge in [-0.15, -0.1) is 35.3 Å². The van der Waals surface area contributed by atoms with Crippen LogP contribution in [0.2, 0.25) is 0 Å². The summed E-state index contributed by atoms with van der Waals surface area (Å²) in [4.78, 5) is 12.7. The third-order valence-electron chi connectivity index (χ3n) is 4.61. The second kappa shape index (κ2) is 10.7. The minimum atomic E-state index is 0. The van der Waals surface area contributed by atoms with Crippen molar-refractivity contribution >= 4 is 47.1 Å². The summed E-state index contributed by atoms with van der Waals surface area (Å²) in [6.07, 6.45) is 5.39. The number of nitrogens with two attached hydrogens (primary N) is 1. The van der Waals surface area contributed by atoms with E-state index in [1.54, 1.807) is 11.3 Å². The lowest BCUT2D eigenvalue weighted by Gasteiger charge is -2.31. The Labute approximate surface area is 177 Å². The molecule has 0 aromatic carbocycles. The fourth-order valence-electron chi connectivity index (χ4n) is 2.94. The first kappa shape index (κ1) is 21.0. The number of piperidine rings is 1. The maximum absolute atomic E-state index is 5.93. The molecule has 142 valence electrons.